The number of fused-ring (bicyclic) bond motifs is 1. The van der Waals surface area contributed by atoms with Crippen LogP contribution in [0, 0.1) is 0 Å². The molecule has 0 aliphatic rings. The topological polar surface area (TPSA) is 53.4 Å². The van der Waals surface area contributed by atoms with Crippen molar-refractivity contribution in [2.24, 2.45) is 0 Å². The van der Waals surface area contributed by atoms with Crippen LogP contribution in [0.4, 0.5) is 5.82 Å². The molecule has 18 heavy (non-hydrogen) atoms. The van der Waals surface area contributed by atoms with E-state index < -0.39 is 5.97 Å². The lowest BCUT2D eigenvalue weighted by Crippen LogP contribution is -2.23. The normalized spacial score (nSPS) is 10.6. The fourth-order valence-electron chi connectivity index (χ4n) is 2.07. The molecule has 0 atom stereocenters. The largest absolute Gasteiger partial charge is 0.478 e. The van der Waals surface area contributed by atoms with Gasteiger partial charge in [-0.15, -0.1) is 0 Å². The van der Waals surface area contributed by atoms with Gasteiger partial charge in [-0.05, 0) is 43.5 Å². The third kappa shape index (κ3) is 2.14. The lowest BCUT2D eigenvalue weighted by atomic mass is 10.1. The second kappa shape index (κ2) is 5.04. The van der Waals surface area contributed by atoms with E-state index in [1.54, 1.807) is 18.3 Å². The number of pyridine rings is 1. The van der Waals surface area contributed by atoms with Crippen LogP contribution in [0.15, 0.2) is 30.5 Å². The van der Waals surface area contributed by atoms with E-state index in [0.29, 0.717) is 5.56 Å². The summed E-state index contributed by atoms with van der Waals surface area (Å²) in [5, 5.41) is 10.9. The van der Waals surface area contributed by atoms with Gasteiger partial charge in [-0.25, -0.2) is 9.78 Å². The van der Waals surface area contributed by atoms with Crippen molar-refractivity contribution in [3.8, 4) is 0 Å². The van der Waals surface area contributed by atoms with E-state index in [1.165, 1.54) is 0 Å². The number of aromatic nitrogens is 1. The lowest BCUT2D eigenvalue weighted by molar-refractivity contribution is 0.0697. The van der Waals surface area contributed by atoms with Crippen LogP contribution < -0.4 is 4.90 Å². The summed E-state index contributed by atoms with van der Waals surface area (Å²) in [4.78, 5) is 17.5. The molecule has 0 bridgehead atoms. The van der Waals surface area contributed by atoms with Gasteiger partial charge in [0.25, 0.3) is 0 Å². The molecule has 0 amide bonds. The number of anilines is 1. The lowest BCUT2D eigenvalue weighted by Gasteiger charge is -2.21. The van der Waals surface area contributed by atoms with E-state index in [4.69, 9.17) is 5.11 Å². The van der Waals surface area contributed by atoms with Gasteiger partial charge in [-0.3, -0.25) is 0 Å². The summed E-state index contributed by atoms with van der Waals surface area (Å²) < 4.78 is 0. The second-order valence-electron chi connectivity index (χ2n) is 4.05. The van der Waals surface area contributed by atoms with Gasteiger partial charge < -0.3 is 10.0 Å². The second-order valence-corrected chi connectivity index (χ2v) is 4.05. The van der Waals surface area contributed by atoms with Gasteiger partial charge in [0.05, 0.1) is 5.56 Å². The van der Waals surface area contributed by atoms with Gasteiger partial charge in [0.1, 0.15) is 5.82 Å². The third-order valence-corrected chi connectivity index (χ3v) is 3.05. The molecular weight excluding hydrogens is 228 g/mol. The van der Waals surface area contributed by atoms with Gasteiger partial charge in [0, 0.05) is 24.7 Å². The minimum absolute atomic E-state index is 0.305. The minimum atomic E-state index is -0.905. The average molecular weight is 244 g/mol. The van der Waals surface area contributed by atoms with Crippen LogP contribution in [0.25, 0.3) is 10.8 Å². The molecule has 0 aliphatic heterocycles. The van der Waals surface area contributed by atoms with Crippen LogP contribution in [0.2, 0.25) is 0 Å². The molecule has 0 radical (unpaired) electrons. The van der Waals surface area contributed by atoms with Gasteiger partial charge in [-0.1, -0.05) is 0 Å². The summed E-state index contributed by atoms with van der Waals surface area (Å²) in [6.45, 7) is 5.91. The molecule has 2 aromatic rings. The highest BCUT2D eigenvalue weighted by Crippen LogP contribution is 2.25. The Morgan fingerprint density at radius 2 is 2.00 bits per heavy atom. The number of carbonyl (C=O) groups is 1. The Labute approximate surface area is 106 Å². The van der Waals surface area contributed by atoms with Crippen molar-refractivity contribution >= 4 is 22.6 Å². The van der Waals surface area contributed by atoms with E-state index in [2.05, 4.69) is 23.7 Å². The molecule has 1 N–H and O–H groups in total. The predicted molar refractivity (Wildman–Crippen MR) is 72.3 cm³/mol. The van der Waals surface area contributed by atoms with Crippen LogP contribution in [-0.2, 0) is 0 Å². The first kappa shape index (κ1) is 12.4. The Balaban J connectivity index is 2.60. The summed E-state index contributed by atoms with van der Waals surface area (Å²) in [5.41, 5.74) is 0.305. The van der Waals surface area contributed by atoms with Crippen molar-refractivity contribution in [1.82, 2.24) is 4.98 Å². The fourth-order valence-corrected chi connectivity index (χ4v) is 2.07. The highest BCUT2D eigenvalue weighted by Gasteiger charge is 2.10. The molecular formula is C14H16N2O2. The van der Waals surface area contributed by atoms with Crippen molar-refractivity contribution in [1.29, 1.82) is 0 Å². The Morgan fingerprint density at radius 1 is 1.28 bits per heavy atom. The number of rotatable bonds is 4. The number of benzene rings is 1. The Hall–Kier alpha value is -2.10. The van der Waals surface area contributed by atoms with Crippen molar-refractivity contribution in [2.45, 2.75) is 13.8 Å². The number of hydrogen-bond donors (Lipinski definition) is 1. The molecule has 0 spiro atoms. The zero-order valence-electron chi connectivity index (χ0n) is 10.6. The third-order valence-electron chi connectivity index (χ3n) is 3.05. The maximum Gasteiger partial charge on any atom is 0.335 e. The number of carboxylic acid groups (broad SMARTS) is 1. The van der Waals surface area contributed by atoms with Crippen LogP contribution in [0.3, 0.4) is 0 Å². The van der Waals surface area contributed by atoms with Gasteiger partial charge in [-0.2, -0.15) is 0 Å². The monoisotopic (exact) mass is 244 g/mol. The molecule has 1 heterocycles. The molecule has 0 saturated carbocycles. The van der Waals surface area contributed by atoms with Gasteiger partial charge >= 0.3 is 5.97 Å². The van der Waals surface area contributed by atoms with E-state index in [9.17, 15) is 4.79 Å². The van der Waals surface area contributed by atoms with E-state index in [0.717, 1.165) is 29.7 Å². The highest BCUT2D eigenvalue weighted by molar-refractivity contribution is 5.98. The van der Waals surface area contributed by atoms with Crippen LogP contribution in [0.1, 0.15) is 24.2 Å². The summed E-state index contributed by atoms with van der Waals surface area (Å²) in [6.07, 6.45) is 1.72. The maximum absolute atomic E-state index is 10.9. The fraction of sp³-hybridized carbons (Fsp3) is 0.286. The van der Waals surface area contributed by atoms with E-state index in [-0.39, 0.29) is 0 Å². The molecule has 2 rings (SSSR count). The van der Waals surface area contributed by atoms with E-state index >= 15 is 0 Å². The molecule has 0 saturated heterocycles. The molecule has 4 nitrogen and oxygen atoms in total. The Bertz CT molecular complexity index is 577. The first-order chi connectivity index (χ1) is 8.67. The zero-order valence-corrected chi connectivity index (χ0v) is 10.6. The average Bonchev–Trinajstić information content (AvgIpc) is 2.39. The number of aromatic carboxylic acids is 1. The predicted octanol–water partition coefficient (Wildman–Crippen LogP) is 2.78. The SMILES string of the molecule is CCN(CC)c1nccc2cc(C(=O)O)ccc12. The summed E-state index contributed by atoms with van der Waals surface area (Å²) >= 11 is 0. The Kier molecular flexibility index (Phi) is 3.46. The van der Waals surface area contributed by atoms with Crippen molar-refractivity contribution < 1.29 is 9.90 Å². The molecule has 1 aromatic heterocycles. The minimum Gasteiger partial charge on any atom is -0.478 e. The van der Waals surface area contributed by atoms with Crippen molar-refractivity contribution in [3.05, 3.63) is 36.0 Å². The van der Waals surface area contributed by atoms with Crippen LogP contribution in [-0.4, -0.2) is 29.1 Å². The maximum atomic E-state index is 10.9. The number of hydrogen-bond acceptors (Lipinski definition) is 3. The number of carboxylic acids is 1. The number of nitrogens with zero attached hydrogens (tertiary/aromatic N) is 2. The standard InChI is InChI=1S/C14H16N2O2/c1-3-16(4-2)13-12-6-5-11(14(17)18)9-10(12)7-8-15-13/h5-9H,3-4H2,1-2H3,(H,17,18). The van der Waals surface area contributed by atoms with Gasteiger partial charge in [0.15, 0.2) is 0 Å². The van der Waals surface area contributed by atoms with Crippen molar-refractivity contribution in [3.63, 3.8) is 0 Å². The molecule has 94 valence electrons. The highest BCUT2D eigenvalue weighted by atomic mass is 16.4. The summed E-state index contributed by atoms with van der Waals surface area (Å²) in [6, 6.07) is 6.99. The van der Waals surface area contributed by atoms with E-state index in [1.807, 2.05) is 12.1 Å². The van der Waals surface area contributed by atoms with Crippen LogP contribution in [0.5, 0.6) is 0 Å². The van der Waals surface area contributed by atoms with Crippen LogP contribution >= 0.6 is 0 Å². The molecule has 0 fully saturated rings. The summed E-state index contributed by atoms with van der Waals surface area (Å²) in [7, 11) is 0. The smallest absolute Gasteiger partial charge is 0.335 e. The molecule has 0 aliphatic carbocycles. The van der Waals surface area contributed by atoms with Gasteiger partial charge in [0.2, 0.25) is 0 Å². The zero-order chi connectivity index (χ0) is 13.1. The molecule has 1 aromatic carbocycles. The quantitative estimate of drug-likeness (QED) is 0.898. The molecule has 0 unspecified atom stereocenters. The molecule has 4 heteroatoms. The Morgan fingerprint density at radius 3 is 2.61 bits per heavy atom. The van der Waals surface area contributed by atoms with Crippen molar-refractivity contribution in [2.75, 3.05) is 18.0 Å². The first-order valence-corrected chi connectivity index (χ1v) is 6.04. The first-order valence-electron chi connectivity index (χ1n) is 6.04. The summed E-state index contributed by atoms with van der Waals surface area (Å²) in [5.74, 6) is 0.00698.